The van der Waals surface area contributed by atoms with E-state index in [4.69, 9.17) is 0 Å². The van der Waals surface area contributed by atoms with Crippen LogP contribution < -0.4 is 10.6 Å². The number of carbonyl (C=O) groups is 1. The van der Waals surface area contributed by atoms with Gasteiger partial charge in [0.1, 0.15) is 11.6 Å². The number of halogens is 1. The van der Waals surface area contributed by atoms with Crippen LogP contribution in [0.1, 0.15) is 17.4 Å². The van der Waals surface area contributed by atoms with Gasteiger partial charge in [0.2, 0.25) is 0 Å². The van der Waals surface area contributed by atoms with E-state index in [1.54, 1.807) is 6.07 Å². The van der Waals surface area contributed by atoms with E-state index in [2.05, 4.69) is 20.2 Å². The molecular weight excluding hydrogens is 357 g/mol. The first-order valence-corrected chi connectivity index (χ1v) is 9.31. The van der Waals surface area contributed by atoms with Gasteiger partial charge in [0.05, 0.1) is 17.1 Å². The molecule has 28 heavy (non-hydrogen) atoms. The van der Waals surface area contributed by atoms with Gasteiger partial charge in [-0.2, -0.15) is 0 Å². The van der Waals surface area contributed by atoms with Crippen LogP contribution in [-0.2, 0) is 6.54 Å². The molecule has 0 bridgehead atoms. The second-order valence-corrected chi connectivity index (χ2v) is 6.97. The maximum atomic E-state index is 13.5. The monoisotopic (exact) mass is 383 g/mol. The van der Waals surface area contributed by atoms with Gasteiger partial charge in [-0.05, 0) is 50.8 Å². The van der Waals surface area contributed by atoms with Crippen molar-refractivity contribution in [1.29, 1.82) is 0 Å². The quantitative estimate of drug-likeness (QED) is 0.659. The summed E-state index contributed by atoms with van der Waals surface area (Å²) in [6, 6.07) is 14.0. The van der Waals surface area contributed by atoms with Crippen molar-refractivity contribution in [3.05, 3.63) is 65.7 Å². The third-order valence-electron chi connectivity index (χ3n) is 4.78. The second-order valence-electron chi connectivity index (χ2n) is 6.97. The topological polar surface area (TPSA) is 62.2 Å². The highest BCUT2D eigenvalue weighted by molar-refractivity contribution is 5.76. The number of hydrogen-bond donors (Lipinski definition) is 2. The average molecular weight is 383 g/mol. The molecule has 0 aliphatic rings. The van der Waals surface area contributed by atoms with Crippen LogP contribution in [0.3, 0.4) is 0 Å². The van der Waals surface area contributed by atoms with Gasteiger partial charge in [-0.25, -0.2) is 14.2 Å². The Hall–Kier alpha value is -2.93. The van der Waals surface area contributed by atoms with Crippen molar-refractivity contribution in [2.45, 2.75) is 19.5 Å². The molecule has 0 fully saturated rings. The van der Waals surface area contributed by atoms with E-state index in [1.807, 2.05) is 56.3 Å². The van der Waals surface area contributed by atoms with Crippen LogP contribution in [0.4, 0.5) is 9.18 Å². The Kier molecular flexibility index (Phi) is 6.26. The SMILES string of the molecule is Cc1nc2ccccc2n1CCNC(=O)NCC(c1cccc(F)c1)N(C)C. The third kappa shape index (κ3) is 4.67. The summed E-state index contributed by atoms with van der Waals surface area (Å²) in [5, 5.41) is 5.75. The van der Waals surface area contributed by atoms with Crippen molar-refractivity contribution in [3.8, 4) is 0 Å². The van der Waals surface area contributed by atoms with Gasteiger partial charge in [-0.1, -0.05) is 24.3 Å². The molecule has 0 saturated heterocycles. The summed E-state index contributed by atoms with van der Waals surface area (Å²) in [4.78, 5) is 18.7. The smallest absolute Gasteiger partial charge is 0.314 e. The molecule has 148 valence electrons. The van der Waals surface area contributed by atoms with Crippen LogP contribution >= 0.6 is 0 Å². The zero-order valence-electron chi connectivity index (χ0n) is 16.4. The molecule has 3 rings (SSSR count). The number of aromatic nitrogens is 2. The number of nitrogens with zero attached hydrogens (tertiary/aromatic N) is 3. The summed E-state index contributed by atoms with van der Waals surface area (Å²) in [5.41, 5.74) is 2.83. The third-order valence-corrected chi connectivity index (χ3v) is 4.78. The molecule has 0 spiro atoms. The Bertz CT molecular complexity index is 953. The lowest BCUT2D eigenvalue weighted by atomic mass is 10.1. The lowest BCUT2D eigenvalue weighted by Crippen LogP contribution is -2.41. The highest BCUT2D eigenvalue weighted by Crippen LogP contribution is 2.18. The molecule has 3 aromatic rings. The first-order chi connectivity index (χ1) is 13.5. The molecule has 1 atom stereocenters. The molecule has 1 heterocycles. The van der Waals surface area contributed by atoms with Gasteiger partial charge in [0.25, 0.3) is 0 Å². The standard InChI is InChI=1S/C21H26FN5O/c1-15-25-18-9-4-5-10-19(18)27(15)12-11-23-21(28)24-14-20(26(2)3)16-7-6-8-17(22)13-16/h4-10,13,20H,11-12,14H2,1-3H3,(H2,23,24,28). The Morgan fingerprint density at radius 1 is 1.18 bits per heavy atom. The van der Waals surface area contributed by atoms with Crippen molar-refractivity contribution >= 4 is 17.1 Å². The number of rotatable bonds is 7. The largest absolute Gasteiger partial charge is 0.336 e. The highest BCUT2D eigenvalue weighted by atomic mass is 19.1. The van der Waals surface area contributed by atoms with Crippen LogP contribution in [0.2, 0.25) is 0 Å². The summed E-state index contributed by atoms with van der Waals surface area (Å²) < 4.78 is 15.6. The number of nitrogens with one attached hydrogen (secondary N) is 2. The summed E-state index contributed by atoms with van der Waals surface area (Å²) >= 11 is 0. The molecule has 0 aliphatic carbocycles. The molecule has 7 heteroatoms. The normalized spacial score (nSPS) is 12.3. The van der Waals surface area contributed by atoms with Crippen LogP contribution in [0, 0.1) is 12.7 Å². The summed E-state index contributed by atoms with van der Waals surface area (Å²) in [7, 11) is 3.81. The fourth-order valence-corrected chi connectivity index (χ4v) is 3.32. The minimum absolute atomic E-state index is 0.110. The lowest BCUT2D eigenvalue weighted by Gasteiger charge is -2.25. The number of hydrogen-bond acceptors (Lipinski definition) is 3. The summed E-state index contributed by atoms with van der Waals surface area (Å²) in [6.07, 6.45) is 0. The molecule has 2 N–H and O–H groups in total. The predicted molar refractivity (Wildman–Crippen MR) is 109 cm³/mol. The second kappa shape index (κ2) is 8.84. The van der Waals surface area contributed by atoms with Crippen molar-refractivity contribution in [2.75, 3.05) is 27.2 Å². The van der Waals surface area contributed by atoms with Crippen LogP contribution in [0.25, 0.3) is 11.0 Å². The Labute approximate surface area is 164 Å². The van der Waals surface area contributed by atoms with Gasteiger partial charge in [-0.3, -0.25) is 0 Å². The van der Waals surface area contributed by atoms with E-state index in [0.717, 1.165) is 22.4 Å². The van der Waals surface area contributed by atoms with Gasteiger partial charge in [-0.15, -0.1) is 0 Å². The minimum atomic E-state index is -0.281. The molecule has 0 radical (unpaired) electrons. The fourth-order valence-electron chi connectivity index (χ4n) is 3.32. The van der Waals surface area contributed by atoms with Gasteiger partial charge in [0, 0.05) is 19.6 Å². The molecule has 2 amide bonds. The van der Waals surface area contributed by atoms with Crippen LogP contribution in [0.5, 0.6) is 0 Å². The number of carbonyl (C=O) groups excluding carboxylic acids is 1. The van der Waals surface area contributed by atoms with Crippen LogP contribution in [-0.4, -0.2) is 47.7 Å². The number of fused-ring (bicyclic) bond motifs is 1. The number of aryl methyl sites for hydroxylation is 1. The molecular formula is C21H26FN5O. The predicted octanol–water partition coefficient (Wildman–Crippen LogP) is 3.09. The number of para-hydroxylation sites is 2. The summed E-state index contributed by atoms with van der Waals surface area (Å²) in [5.74, 6) is 0.638. The zero-order valence-corrected chi connectivity index (χ0v) is 16.4. The molecule has 1 unspecified atom stereocenters. The number of benzene rings is 2. The van der Waals surface area contributed by atoms with Crippen molar-refractivity contribution in [2.24, 2.45) is 0 Å². The summed E-state index contributed by atoms with van der Waals surface area (Å²) in [6.45, 7) is 3.47. The van der Waals surface area contributed by atoms with Gasteiger partial charge in [0.15, 0.2) is 0 Å². The first kappa shape index (κ1) is 19.8. The number of imidazole rings is 1. The molecule has 6 nitrogen and oxygen atoms in total. The van der Waals surface area contributed by atoms with E-state index in [9.17, 15) is 9.18 Å². The Balaban J connectivity index is 1.53. The molecule has 0 saturated carbocycles. The zero-order chi connectivity index (χ0) is 20.1. The minimum Gasteiger partial charge on any atom is -0.336 e. The Morgan fingerprint density at radius 2 is 1.96 bits per heavy atom. The van der Waals surface area contributed by atoms with Crippen molar-refractivity contribution in [3.63, 3.8) is 0 Å². The van der Waals surface area contributed by atoms with Crippen molar-refractivity contribution in [1.82, 2.24) is 25.1 Å². The molecule has 0 aliphatic heterocycles. The van der Waals surface area contributed by atoms with Crippen molar-refractivity contribution < 1.29 is 9.18 Å². The van der Waals surface area contributed by atoms with Gasteiger partial charge >= 0.3 is 6.03 Å². The van der Waals surface area contributed by atoms with E-state index in [0.29, 0.717) is 19.6 Å². The molecule has 1 aromatic heterocycles. The van der Waals surface area contributed by atoms with E-state index < -0.39 is 0 Å². The van der Waals surface area contributed by atoms with E-state index in [1.165, 1.54) is 12.1 Å². The Morgan fingerprint density at radius 3 is 2.71 bits per heavy atom. The van der Waals surface area contributed by atoms with E-state index >= 15 is 0 Å². The van der Waals surface area contributed by atoms with Crippen LogP contribution in [0.15, 0.2) is 48.5 Å². The fraction of sp³-hybridized carbons (Fsp3) is 0.333. The number of amides is 2. The highest BCUT2D eigenvalue weighted by Gasteiger charge is 2.16. The van der Waals surface area contributed by atoms with E-state index in [-0.39, 0.29) is 17.9 Å². The first-order valence-electron chi connectivity index (χ1n) is 9.31. The maximum Gasteiger partial charge on any atom is 0.314 e. The lowest BCUT2D eigenvalue weighted by molar-refractivity contribution is 0.232. The molecule has 2 aromatic carbocycles. The average Bonchev–Trinajstić information content (AvgIpc) is 2.97. The maximum absolute atomic E-state index is 13.5. The number of likely N-dealkylation sites (N-methyl/N-ethyl adjacent to an activating group) is 1. The number of urea groups is 1. The van der Waals surface area contributed by atoms with Gasteiger partial charge < -0.3 is 20.1 Å².